The molecular weight excluding hydrogens is 254 g/mol. The normalized spacial score (nSPS) is 12.7. The number of hydrogen-bond donors (Lipinski definition) is 1. The van der Waals surface area contributed by atoms with Crippen LogP contribution in [-0.4, -0.2) is 27.3 Å². The molecule has 1 atom stereocenters. The zero-order valence-electron chi connectivity index (χ0n) is 12.4. The average Bonchev–Trinajstić information content (AvgIpc) is 2.87. The van der Waals surface area contributed by atoms with Gasteiger partial charge in [0.05, 0.1) is 18.7 Å². The first-order valence-electron chi connectivity index (χ1n) is 6.80. The molecule has 108 valence electrons. The molecule has 1 aromatic heterocycles. The number of nitrogens with zero attached hydrogens (tertiary/aromatic N) is 4. The van der Waals surface area contributed by atoms with Gasteiger partial charge in [0.1, 0.15) is 5.75 Å². The second kappa shape index (κ2) is 5.90. The Morgan fingerprint density at radius 1 is 1.35 bits per heavy atom. The third-order valence-corrected chi connectivity index (χ3v) is 3.50. The smallest absolute Gasteiger partial charge is 0.188 e. The van der Waals surface area contributed by atoms with Crippen LogP contribution in [0.3, 0.4) is 0 Å². The van der Waals surface area contributed by atoms with E-state index in [4.69, 9.17) is 10.5 Å². The van der Waals surface area contributed by atoms with E-state index in [2.05, 4.69) is 36.3 Å². The predicted molar refractivity (Wildman–Crippen MR) is 78.4 cm³/mol. The van der Waals surface area contributed by atoms with Crippen molar-refractivity contribution in [2.24, 2.45) is 5.92 Å². The van der Waals surface area contributed by atoms with E-state index >= 15 is 0 Å². The quantitative estimate of drug-likeness (QED) is 0.848. The minimum Gasteiger partial charge on any atom is -0.496 e. The Morgan fingerprint density at radius 2 is 2.10 bits per heavy atom. The van der Waals surface area contributed by atoms with Gasteiger partial charge in [-0.3, -0.25) is 0 Å². The van der Waals surface area contributed by atoms with Gasteiger partial charge >= 0.3 is 0 Å². The number of benzene rings is 1. The molecule has 0 aliphatic rings. The van der Waals surface area contributed by atoms with Crippen LogP contribution in [0.5, 0.6) is 5.75 Å². The van der Waals surface area contributed by atoms with Gasteiger partial charge in [0.2, 0.25) is 0 Å². The van der Waals surface area contributed by atoms with E-state index in [1.165, 1.54) is 0 Å². The fourth-order valence-electron chi connectivity index (χ4n) is 2.47. The lowest BCUT2D eigenvalue weighted by Crippen LogP contribution is -2.17. The molecule has 6 heteroatoms. The summed E-state index contributed by atoms with van der Waals surface area (Å²) in [5.41, 5.74) is 7.45. The van der Waals surface area contributed by atoms with E-state index in [1.807, 2.05) is 22.9 Å². The lowest BCUT2D eigenvalue weighted by atomic mass is 10.0. The Bertz CT molecular complexity index is 579. The molecule has 1 heterocycles. The number of nitrogen functional groups attached to an aromatic ring is 1. The third kappa shape index (κ3) is 2.45. The number of methoxy groups -OCH3 is 1. The Labute approximate surface area is 118 Å². The number of hydrogen-bond acceptors (Lipinski definition) is 5. The molecule has 0 saturated heterocycles. The van der Waals surface area contributed by atoms with Crippen LogP contribution in [0.15, 0.2) is 18.2 Å². The van der Waals surface area contributed by atoms with Crippen molar-refractivity contribution in [1.29, 1.82) is 0 Å². The molecule has 6 nitrogen and oxygen atoms in total. The highest BCUT2D eigenvalue weighted by atomic mass is 16.5. The van der Waals surface area contributed by atoms with Crippen LogP contribution in [0, 0.1) is 5.92 Å². The van der Waals surface area contributed by atoms with Gasteiger partial charge in [0.15, 0.2) is 5.82 Å². The molecule has 0 spiro atoms. The number of tetrazole rings is 1. The topological polar surface area (TPSA) is 78.9 Å². The van der Waals surface area contributed by atoms with E-state index in [9.17, 15) is 0 Å². The van der Waals surface area contributed by atoms with Gasteiger partial charge in [-0.2, -0.15) is 0 Å². The van der Waals surface area contributed by atoms with Crippen molar-refractivity contribution in [3.8, 4) is 17.1 Å². The van der Waals surface area contributed by atoms with E-state index < -0.39 is 0 Å². The van der Waals surface area contributed by atoms with Crippen molar-refractivity contribution >= 4 is 5.69 Å². The highest BCUT2D eigenvalue weighted by molar-refractivity contribution is 5.77. The van der Waals surface area contributed by atoms with Gasteiger partial charge in [-0.1, -0.05) is 26.8 Å². The molecule has 2 rings (SSSR count). The molecule has 0 bridgehead atoms. The van der Waals surface area contributed by atoms with Crippen molar-refractivity contribution in [1.82, 2.24) is 20.2 Å². The Balaban J connectivity index is 2.58. The number of rotatable bonds is 5. The van der Waals surface area contributed by atoms with Crippen LogP contribution < -0.4 is 10.5 Å². The summed E-state index contributed by atoms with van der Waals surface area (Å²) < 4.78 is 7.24. The number of anilines is 1. The van der Waals surface area contributed by atoms with Gasteiger partial charge < -0.3 is 10.5 Å². The van der Waals surface area contributed by atoms with Gasteiger partial charge in [-0.05, 0) is 34.9 Å². The molecule has 2 N–H and O–H groups in total. The van der Waals surface area contributed by atoms with Gasteiger partial charge in [-0.15, -0.1) is 5.10 Å². The maximum Gasteiger partial charge on any atom is 0.188 e. The average molecular weight is 275 g/mol. The van der Waals surface area contributed by atoms with Gasteiger partial charge in [0.25, 0.3) is 0 Å². The van der Waals surface area contributed by atoms with Crippen molar-refractivity contribution in [3.63, 3.8) is 0 Å². The largest absolute Gasteiger partial charge is 0.496 e. The first-order valence-corrected chi connectivity index (χ1v) is 6.80. The van der Waals surface area contributed by atoms with E-state index in [-0.39, 0.29) is 6.04 Å². The molecule has 0 fully saturated rings. The lowest BCUT2D eigenvalue weighted by molar-refractivity contribution is 0.333. The summed E-state index contributed by atoms with van der Waals surface area (Å²) in [5, 5.41) is 12.1. The van der Waals surface area contributed by atoms with Gasteiger partial charge in [-0.25, -0.2) is 4.68 Å². The Hall–Kier alpha value is -2.11. The standard InChI is InChI=1S/C14H21N5O/c1-5-11(9(2)3)19-14(16-17-18-19)13-10(15)7-6-8-12(13)20-4/h6-9,11H,5,15H2,1-4H3. The monoisotopic (exact) mass is 275 g/mol. The molecule has 0 aliphatic heterocycles. The summed E-state index contributed by atoms with van der Waals surface area (Å²) in [6.45, 7) is 6.44. The summed E-state index contributed by atoms with van der Waals surface area (Å²) in [4.78, 5) is 0. The van der Waals surface area contributed by atoms with Crippen molar-refractivity contribution in [2.75, 3.05) is 12.8 Å². The van der Waals surface area contributed by atoms with Crippen LogP contribution in [-0.2, 0) is 0 Å². The van der Waals surface area contributed by atoms with Gasteiger partial charge in [0, 0.05) is 5.69 Å². The van der Waals surface area contributed by atoms with Crippen LogP contribution in [0.2, 0.25) is 0 Å². The number of nitrogens with two attached hydrogens (primary N) is 1. The zero-order chi connectivity index (χ0) is 14.7. The predicted octanol–water partition coefficient (Wildman–Crippen LogP) is 2.54. The fraction of sp³-hybridized carbons (Fsp3) is 0.500. The SMILES string of the molecule is CCC(C(C)C)n1nnnc1-c1c(N)cccc1OC. The fourth-order valence-corrected chi connectivity index (χ4v) is 2.47. The highest BCUT2D eigenvalue weighted by Crippen LogP contribution is 2.35. The molecule has 1 unspecified atom stereocenters. The molecule has 20 heavy (non-hydrogen) atoms. The third-order valence-electron chi connectivity index (χ3n) is 3.50. The van der Waals surface area contributed by atoms with Crippen molar-refractivity contribution in [2.45, 2.75) is 33.2 Å². The maximum atomic E-state index is 6.09. The Morgan fingerprint density at radius 3 is 2.70 bits per heavy atom. The van der Waals surface area contributed by atoms with Crippen LogP contribution in [0.4, 0.5) is 5.69 Å². The molecule has 1 aromatic carbocycles. The summed E-state index contributed by atoms with van der Waals surface area (Å²) in [5.74, 6) is 1.76. The molecule has 2 aromatic rings. The van der Waals surface area contributed by atoms with Crippen LogP contribution in [0.25, 0.3) is 11.4 Å². The maximum absolute atomic E-state index is 6.09. The van der Waals surface area contributed by atoms with E-state index in [0.717, 1.165) is 12.0 Å². The summed E-state index contributed by atoms with van der Waals surface area (Å²) in [6.07, 6.45) is 0.949. The zero-order valence-corrected chi connectivity index (χ0v) is 12.4. The highest BCUT2D eigenvalue weighted by Gasteiger charge is 2.23. The molecule has 0 amide bonds. The lowest BCUT2D eigenvalue weighted by Gasteiger charge is -2.21. The Kier molecular flexibility index (Phi) is 4.22. The molecule has 0 saturated carbocycles. The molecular formula is C14H21N5O. The van der Waals surface area contributed by atoms with Crippen LogP contribution in [0.1, 0.15) is 33.2 Å². The number of ether oxygens (including phenoxy) is 1. The number of aromatic nitrogens is 4. The second-order valence-electron chi connectivity index (χ2n) is 5.09. The van der Waals surface area contributed by atoms with E-state index in [1.54, 1.807) is 7.11 Å². The molecule has 0 aliphatic carbocycles. The first kappa shape index (κ1) is 14.3. The minimum atomic E-state index is 0.226. The summed E-state index contributed by atoms with van der Waals surface area (Å²) in [7, 11) is 1.62. The summed E-state index contributed by atoms with van der Waals surface area (Å²) >= 11 is 0. The minimum absolute atomic E-state index is 0.226. The second-order valence-corrected chi connectivity index (χ2v) is 5.09. The van der Waals surface area contributed by atoms with E-state index in [0.29, 0.717) is 23.2 Å². The summed E-state index contributed by atoms with van der Waals surface area (Å²) in [6, 6.07) is 5.77. The van der Waals surface area contributed by atoms with Crippen molar-refractivity contribution in [3.05, 3.63) is 18.2 Å². The van der Waals surface area contributed by atoms with Crippen LogP contribution >= 0.6 is 0 Å². The first-order chi connectivity index (χ1) is 9.60. The molecule has 0 radical (unpaired) electrons. The van der Waals surface area contributed by atoms with Crippen molar-refractivity contribution < 1.29 is 4.74 Å².